The quantitative estimate of drug-likeness (QED) is 0.341. The minimum absolute atomic E-state index is 0.0187. The van der Waals surface area contributed by atoms with Crippen molar-refractivity contribution in [2.24, 2.45) is 5.73 Å². The van der Waals surface area contributed by atoms with Crippen molar-refractivity contribution >= 4 is 54.8 Å². The van der Waals surface area contributed by atoms with E-state index in [1.807, 2.05) is 12.1 Å². The van der Waals surface area contributed by atoms with Crippen LogP contribution in [0.1, 0.15) is 11.1 Å². The number of nitrogens with zero attached hydrogens (tertiary/aromatic N) is 3. The molecule has 0 saturated carbocycles. The first-order valence-corrected chi connectivity index (χ1v) is 11.6. The van der Waals surface area contributed by atoms with Gasteiger partial charge in [0.1, 0.15) is 15.2 Å². The Morgan fingerprint density at radius 2 is 1.97 bits per heavy atom. The van der Waals surface area contributed by atoms with E-state index in [4.69, 9.17) is 22.7 Å². The molecular formula is C19H18ClN5O3S2. The van der Waals surface area contributed by atoms with Crippen LogP contribution in [-0.4, -0.2) is 54.0 Å². The first-order chi connectivity index (χ1) is 14.3. The number of benzene rings is 1. The first-order valence-electron chi connectivity index (χ1n) is 9.01. The number of hydrogen-bond donors (Lipinski definition) is 2. The SMILES string of the molecule is N=C(N)c1ccc(CN2CCN(S(=O)(=O)c3cc4ccnc(Cl)c4s3)CC2=O)cc1. The molecule has 11 heteroatoms. The van der Waals surface area contributed by atoms with Crippen molar-refractivity contribution in [2.75, 3.05) is 19.6 Å². The molecule has 2 aromatic heterocycles. The Hall–Kier alpha value is -2.53. The van der Waals surface area contributed by atoms with Gasteiger partial charge in [-0.1, -0.05) is 35.9 Å². The lowest BCUT2D eigenvalue weighted by atomic mass is 10.1. The number of thiophene rings is 1. The monoisotopic (exact) mass is 463 g/mol. The Labute approximate surface area is 182 Å². The van der Waals surface area contributed by atoms with E-state index in [0.29, 0.717) is 28.7 Å². The second-order valence-electron chi connectivity index (χ2n) is 6.85. The minimum atomic E-state index is -3.80. The summed E-state index contributed by atoms with van der Waals surface area (Å²) >= 11 is 7.12. The number of aromatic nitrogens is 1. The van der Waals surface area contributed by atoms with Crippen LogP contribution >= 0.6 is 22.9 Å². The van der Waals surface area contributed by atoms with Crippen molar-refractivity contribution < 1.29 is 13.2 Å². The third kappa shape index (κ3) is 3.91. The number of pyridine rings is 1. The number of nitrogens with one attached hydrogen (secondary N) is 1. The highest BCUT2D eigenvalue weighted by atomic mass is 35.5. The molecule has 0 bridgehead atoms. The Bertz CT molecular complexity index is 1240. The number of nitrogens with two attached hydrogens (primary N) is 1. The summed E-state index contributed by atoms with van der Waals surface area (Å²) in [6, 6.07) is 10.3. The number of amides is 1. The van der Waals surface area contributed by atoms with Crippen LogP contribution in [0.4, 0.5) is 0 Å². The molecule has 1 aliphatic heterocycles. The normalized spacial score (nSPS) is 15.6. The van der Waals surface area contributed by atoms with E-state index in [1.165, 1.54) is 10.5 Å². The number of nitrogen functional groups attached to an aromatic ring is 1. The lowest BCUT2D eigenvalue weighted by molar-refractivity contribution is -0.134. The van der Waals surface area contributed by atoms with E-state index < -0.39 is 10.0 Å². The maximum atomic E-state index is 13.1. The number of halogens is 1. The van der Waals surface area contributed by atoms with Crippen molar-refractivity contribution in [2.45, 2.75) is 10.8 Å². The third-order valence-electron chi connectivity index (χ3n) is 4.88. The van der Waals surface area contributed by atoms with Gasteiger partial charge in [-0.25, -0.2) is 13.4 Å². The summed E-state index contributed by atoms with van der Waals surface area (Å²) in [6.45, 7) is 0.655. The van der Waals surface area contributed by atoms with Gasteiger partial charge in [-0.05, 0) is 23.1 Å². The van der Waals surface area contributed by atoms with Gasteiger partial charge in [-0.15, -0.1) is 11.3 Å². The number of hydrogen-bond acceptors (Lipinski definition) is 6. The zero-order chi connectivity index (χ0) is 21.5. The van der Waals surface area contributed by atoms with E-state index >= 15 is 0 Å². The highest BCUT2D eigenvalue weighted by Gasteiger charge is 2.34. The second-order valence-corrected chi connectivity index (χ2v) is 10.4. The summed E-state index contributed by atoms with van der Waals surface area (Å²) in [5.74, 6) is -0.281. The van der Waals surface area contributed by atoms with Gasteiger partial charge >= 0.3 is 0 Å². The van der Waals surface area contributed by atoms with Gasteiger partial charge in [0.25, 0.3) is 10.0 Å². The van der Waals surface area contributed by atoms with E-state index in [1.54, 1.807) is 29.2 Å². The molecule has 0 atom stereocenters. The van der Waals surface area contributed by atoms with Gasteiger partial charge in [0.15, 0.2) is 0 Å². The minimum Gasteiger partial charge on any atom is -0.384 e. The standard InChI is InChI=1S/C19H18ClN5O3S2/c20-18-17-14(5-6-23-18)9-16(29-17)30(27,28)25-8-7-24(15(26)11-25)10-12-1-3-13(4-2-12)19(21)22/h1-6,9H,7-8,10-11H2,(H3,21,22). The fourth-order valence-electron chi connectivity index (χ4n) is 3.23. The zero-order valence-electron chi connectivity index (χ0n) is 15.7. The number of amidine groups is 1. The Balaban J connectivity index is 1.48. The first kappa shape index (κ1) is 20.7. The molecule has 1 aromatic carbocycles. The molecule has 30 heavy (non-hydrogen) atoms. The van der Waals surface area contributed by atoms with Crippen molar-refractivity contribution in [3.63, 3.8) is 0 Å². The Morgan fingerprint density at radius 1 is 1.23 bits per heavy atom. The molecule has 1 saturated heterocycles. The molecule has 0 spiro atoms. The van der Waals surface area contributed by atoms with Gasteiger partial charge in [0.2, 0.25) is 5.91 Å². The van der Waals surface area contributed by atoms with Gasteiger partial charge in [0, 0.05) is 31.4 Å². The molecule has 1 fully saturated rings. The number of fused-ring (bicyclic) bond motifs is 1. The van der Waals surface area contributed by atoms with Crippen LogP contribution < -0.4 is 5.73 Å². The number of carbonyl (C=O) groups excluding carboxylic acids is 1. The fourth-order valence-corrected chi connectivity index (χ4v) is 6.40. The van der Waals surface area contributed by atoms with Crippen LogP contribution in [0, 0.1) is 5.41 Å². The number of rotatable bonds is 5. The largest absolute Gasteiger partial charge is 0.384 e. The Kier molecular flexibility index (Phi) is 5.49. The molecular weight excluding hydrogens is 446 g/mol. The van der Waals surface area contributed by atoms with Gasteiger partial charge in [-0.2, -0.15) is 4.31 Å². The van der Waals surface area contributed by atoms with Crippen LogP contribution in [0.15, 0.2) is 46.8 Å². The van der Waals surface area contributed by atoms with Crippen molar-refractivity contribution in [1.82, 2.24) is 14.2 Å². The van der Waals surface area contributed by atoms with E-state index in [9.17, 15) is 13.2 Å². The zero-order valence-corrected chi connectivity index (χ0v) is 18.1. The Morgan fingerprint density at radius 3 is 2.60 bits per heavy atom. The van der Waals surface area contributed by atoms with Crippen LogP contribution in [0.2, 0.25) is 5.15 Å². The lowest BCUT2D eigenvalue weighted by Crippen LogP contribution is -2.51. The lowest BCUT2D eigenvalue weighted by Gasteiger charge is -2.33. The maximum Gasteiger partial charge on any atom is 0.253 e. The number of sulfonamides is 1. The molecule has 4 rings (SSSR count). The van der Waals surface area contributed by atoms with Crippen LogP contribution in [0.3, 0.4) is 0 Å². The molecule has 8 nitrogen and oxygen atoms in total. The molecule has 3 N–H and O–H groups in total. The van der Waals surface area contributed by atoms with Gasteiger partial charge < -0.3 is 10.6 Å². The highest BCUT2D eigenvalue weighted by Crippen LogP contribution is 2.34. The molecule has 0 unspecified atom stereocenters. The van der Waals surface area contributed by atoms with Crippen LogP contribution in [0.25, 0.3) is 10.1 Å². The smallest absolute Gasteiger partial charge is 0.253 e. The summed E-state index contributed by atoms with van der Waals surface area (Å²) in [7, 11) is -3.80. The fraction of sp³-hybridized carbons (Fsp3) is 0.211. The summed E-state index contributed by atoms with van der Waals surface area (Å²) in [5.41, 5.74) is 6.95. The summed E-state index contributed by atoms with van der Waals surface area (Å²) < 4.78 is 28.1. The van der Waals surface area contributed by atoms with E-state index in [-0.39, 0.29) is 34.2 Å². The average molecular weight is 464 g/mol. The van der Waals surface area contributed by atoms with Crippen molar-refractivity contribution in [3.8, 4) is 0 Å². The summed E-state index contributed by atoms with van der Waals surface area (Å²) in [5, 5.41) is 8.40. The van der Waals surface area contributed by atoms with Gasteiger partial charge in [-0.3, -0.25) is 10.2 Å². The second kappa shape index (κ2) is 7.95. The predicted molar refractivity (Wildman–Crippen MR) is 116 cm³/mol. The summed E-state index contributed by atoms with van der Waals surface area (Å²) in [4.78, 5) is 18.2. The maximum absolute atomic E-state index is 13.1. The van der Waals surface area contributed by atoms with Gasteiger partial charge in [0.05, 0.1) is 11.2 Å². The molecule has 3 heterocycles. The molecule has 1 aliphatic rings. The molecule has 0 aliphatic carbocycles. The summed E-state index contributed by atoms with van der Waals surface area (Å²) in [6.07, 6.45) is 1.53. The average Bonchev–Trinajstić information content (AvgIpc) is 3.16. The van der Waals surface area contributed by atoms with E-state index in [2.05, 4.69) is 4.98 Å². The predicted octanol–water partition coefficient (Wildman–Crippen LogP) is 2.27. The van der Waals surface area contributed by atoms with Crippen LogP contribution in [-0.2, 0) is 21.4 Å². The third-order valence-corrected chi connectivity index (χ3v) is 8.73. The molecule has 1 amide bonds. The van der Waals surface area contributed by atoms with Crippen molar-refractivity contribution in [1.29, 1.82) is 5.41 Å². The number of piperazine rings is 1. The van der Waals surface area contributed by atoms with E-state index in [0.717, 1.165) is 16.9 Å². The number of carbonyl (C=O) groups is 1. The van der Waals surface area contributed by atoms with Crippen molar-refractivity contribution in [3.05, 3.63) is 58.9 Å². The topological polar surface area (TPSA) is 120 Å². The molecule has 0 radical (unpaired) electrons. The molecule has 156 valence electrons. The van der Waals surface area contributed by atoms with Crippen LogP contribution in [0.5, 0.6) is 0 Å². The highest BCUT2D eigenvalue weighted by molar-refractivity contribution is 7.91. The molecule has 3 aromatic rings.